The molecule has 0 saturated heterocycles. The number of rotatable bonds is 11. The zero-order valence-electron chi connectivity index (χ0n) is 22.4. The SMILES string of the molecule is CCC(C)NC(=O)C(C)N(Cc1ccc(Cl)cc1Cl)C(=O)CN(c1cc(C)ccc1C)S(=O)(=O)N(C)C. The van der Waals surface area contributed by atoms with Crippen LogP contribution in [0.5, 0.6) is 0 Å². The first-order valence-electron chi connectivity index (χ1n) is 12.0. The number of anilines is 1. The molecule has 0 radical (unpaired) electrons. The molecule has 1 N–H and O–H groups in total. The van der Waals surface area contributed by atoms with Gasteiger partial charge in [0.1, 0.15) is 12.6 Å². The highest BCUT2D eigenvalue weighted by molar-refractivity contribution is 7.90. The van der Waals surface area contributed by atoms with Crippen molar-refractivity contribution in [3.05, 3.63) is 63.1 Å². The lowest BCUT2D eigenvalue weighted by molar-refractivity contribution is -0.139. The number of carbonyl (C=O) groups is 2. The van der Waals surface area contributed by atoms with Crippen molar-refractivity contribution in [3.63, 3.8) is 0 Å². The minimum Gasteiger partial charge on any atom is -0.352 e. The van der Waals surface area contributed by atoms with Crippen molar-refractivity contribution in [2.45, 2.75) is 59.7 Å². The lowest BCUT2D eigenvalue weighted by Crippen LogP contribution is -2.53. The fourth-order valence-electron chi connectivity index (χ4n) is 3.57. The summed E-state index contributed by atoms with van der Waals surface area (Å²) in [4.78, 5) is 28.2. The predicted octanol–water partition coefficient (Wildman–Crippen LogP) is 4.56. The van der Waals surface area contributed by atoms with Crippen LogP contribution in [0.15, 0.2) is 36.4 Å². The Labute approximate surface area is 230 Å². The van der Waals surface area contributed by atoms with E-state index in [0.29, 0.717) is 26.9 Å². The van der Waals surface area contributed by atoms with Gasteiger partial charge in [0.2, 0.25) is 11.8 Å². The summed E-state index contributed by atoms with van der Waals surface area (Å²) in [5, 5.41) is 3.67. The summed E-state index contributed by atoms with van der Waals surface area (Å²) in [5.74, 6) is -0.898. The number of carbonyl (C=O) groups excluding carboxylic acids is 2. The van der Waals surface area contributed by atoms with Crippen LogP contribution in [0.1, 0.15) is 43.9 Å². The molecule has 0 fully saturated rings. The van der Waals surface area contributed by atoms with Crippen LogP contribution < -0.4 is 9.62 Å². The van der Waals surface area contributed by atoms with E-state index >= 15 is 0 Å². The molecular formula is C26H36Cl2N4O4S. The van der Waals surface area contributed by atoms with Gasteiger partial charge in [-0.25, -0.2) is 4.31 Å². The quantitative estimate of drug-likeness (QED) is 0.429. The van der Waals surface area contributed by atoms with Gasteiger partial charge in [0.25, 0.3) is 0 Å². The fraction of sp³-hybridized carbons (Fsp3) is 0.462. The molecule has 0 aliphatic heterocycles. The highest BCUT2D eigenvalue weighted by Gasteiger charge is 2.33. The molecule has 0 saturated carbocycles. The van der Waals surface area contributed by atoms with E-state index in [1.807, 2.05) is 26.8 Å². The number of amides is 2. The highest BCUT2D eigenvalue weighted by Crippen LogP contribution is 2.27. The van der Waals surface area contributed by atoms with E-state index in [1.165, 1.54) is 19.0 Å². The van der Waals surface area contributed by atoms with Crippen LogP contribution in [-0.2, 0) is 26.3 Å². The number of nitrogens with one attached hydrogen (secondary N) is 1. The van der Waals surface area contributed by atoms with Crippen molar-refractivity contribution < 1.29 is 18.0 Å². The first kappa shape index (κ1) is 30.9. The minimum atomic E-state index is -4.04. The second-order valence-corrected chi connectivity index (χ2v) is 12.2. The molecule has 2 atom stereocenters. The molecule has 2 unspecified atom stereocenters. The molecule has 2 rings (SSSR count). The third kappa shape index (κ3) is 7.83. The van der Waals surface area contributed by atoms with E-state index < -0.39 is 28.7 Å². The van der Waals surface area contributed by atoms with Crippen molar-refractivity contribution in [2.24, 2.45) is 0 Å². The van der Waals surface area contributed by atoms with Gasteiger partial charge < -0.3 is 10.2 Å². The largest absolute Gasteiger partial charge is 0.352 e. The minimum absolute atomic E-state index is 0.00736. The van der Waals surface area contributed by atoms with Gasteiger partial charge in [-0.1, -0.05) is 48.3 Å². The monoisotopic (exact) mass is 570 g/mol. The molecular weight excluding hydrogens is 535 g/mol. The van der Waals surface area contributed by atoms with E-state index in [9.17, 15) is 18.0 Å². The Morgan fingerprint density at radius 3 is 2.24 bits per heavy atom. The van der Waals surface area contributed by atoms with E-state index in [2.05, 4.69) is 5.32 Å². The van der Waals surface area contributed by atoms with Gasteiger partial charge >= 0.3 is 10.2 Å². The zero-order chi connectivity index (χ0) is 28.1. The first-order valence-corrected chi connectivity index (χ1v) is 14.2. The topological polar surface area (TPSA) is 90.0 Å². The fourth-order valence-corrected chi connectivity index (χ4v) is 5.15. The number of hydrogen-bond donors (Lipinski definition) is 1. The molecule has 204 valence electrons. The van der Waals surface area contributed by atoms with Gasteiger partial charge in [-0.05, 0) is 69.0 Å². The molecule has 0 aromatic heterocycles. The first-order chi connectivity index (χ1) is 17.2. The molecule has 0 bridgehead atoms. The Morgan fingerprint density at radius 2 is 1.68 bits per heavy atom. The van der Waals surface area contributed by atoms with Crippen LogP contribution in [0.3, 0.4) is 0 Å². The smallest absolute Gasteiger partial charge is 0.304 e. The summed E-state index contributed by atoms with van der Waals surface area (Å²) in [5.41, 5.74) is 2.51. The van der Waals surface area contributed by atoms with Gasteiger partial charge in [0.15, 0.2) is 0 Å². The summed E-state index contributed by atoms with van der Waals surface area (Å²) in [6, 6.07) is 9.31. The van der Waals surface area contributed by atoms with Gasteiger partial charge in [0, 0.05) is 36.7 Å². The van der Waals surface area contributed by atoms with Crippen LogP contribution in [0.25, 0.3) is 0 Å². The number of aryl methyl sites for hydroxylation is 2. The zero-order valence-corrected chi connectivity index (χ0v) is 24.7. The summed E-state index contributed by atoms with van der Waals surface area (Å²) in [7, 11) is -1.22. The van der Waals surface area contributed by atoms with Crippen molar-refractivity contribution in [1.29, 1.82) is 0 Å². The van der Waals surface area contributed by atoms with E-state index in [4.69, 9.17) is 23.2 Å². The van der Waals surface area contributed by atoms with Gasteiger partial charge in [-0.15, -0.1) is 0 Å². The second-order valence-electron chi connectivity index (χ2n) is 9.34. The maximum atomic E-state index is 13.8. The lowest BCUT2D eigenvalue weighted by Gasteiger charge is -2.34. The molecule has 0 spiro atoms. The molecule has 2 aromatic carbocycles. The van der Waals surface area contributed by atoms with Crippen LogP contribution in [-0.4, -0.2) is 62.2 Å². The number of benzene rings is 2. The maximum absolute atomic E-state index is 13.8. The average molecular weight is 572 g/mol. The lowest BCUT2D eigenvalue weighted by atomic mass is 10.1. The Hall–Kier alpha value is -2.33. The molecule has 37 heavy (non-hydrogen) atoms. The highest BCUT2D eigenvalue weighted by atomic mass is 35.5. The molecule has 11 heteroatoms. The summed E-state index contributed by atoms with van der Waals surface area (Å²) in [6.07, 6.45) is 0.719. The van der Waals surface area contributed by atoms with Crippen molar-refractivity contribution in [3.8, 4) is 0 Å². The number of nitrogens with zero attached hydrogens (tertiary/aromatic N) is 3. The predicted molar refractivity (Wildman–Crippen MR) is 150 cm³/mol. The molecule has 0 aliphatic rings. The Balaban J connectivity index is 2.54. The maximum Gasteiger partial charge on any atom is 0.304 e. The third-order valence-electron chi connectivity index (χ3n) is 6.18. The number of hydrogen-bond acceptors (Lipinski definition) is 4. The Bertz CT molecular complexity index is 1240. The second kappa shape index (κ2) is 13.0. The summed E-state index contributed by atoms with van der Waals surface area (Å²) in [6.45, 7) is 8.55. The molecule has 0 heterocycles. The Kier molecular flexibility index (Phi) is 10.8. The summed E-state index contributed by atoms with van der Waals surface area (Å²) < 4.78 is 28.8. The van der Waals surface area contributed by atoms with Crippen LogP contribution in [0.4, 0.5) is 5.69 Å². The molecule has 2 amide bonds. The normalized spacial score (nSPS) is 13.2. The van der Waals surface area contributed by atoms with Crippen LogP contribution in [0, 0.1) is 13.8 Å². The van der Waals surface area contributed by atoms with E-state index in [-0.39, 0.29) is 18.5 Å². The molecule has 2 aromatic rings. The van der Waals surface area contributed by atoms with Gasteiger partial charge in [-0.2, -0.15) is 12.7 Å². The number of halogens is 2. The van der Waals surface area contributed by atoms with Crippen molar-refractivity contribution in [1.82, 2.24) is 14.5 Å². The Morgan fingerprint density at radius 1 is 1.03 bits per heavy atom. The van der Waals surface area contributed by atoms with E-state index in [1.54, 1.807) is 44.2 Å². The van der Waals surface area contributed by atoms with Gasteiger partial charge in [0.05, 0.1) is 5.69 Å². The van der Waals surface area contributed by atoms with E-state index in [0.717, 1.165) is 20.6 Å². The van der Waals surface area contributed by atoms with Crippen molar-refractivity contribution in [2.75, 3.05) is 24.9 Å². The summed E-state index contributed by atoms with van der Waals surface area (Å²) >= 11 is 12.4. The van der Waals surface area contributed by atoms with Crippen LogP contribution in [0.2, 0.25) is 10.0 Å². The van der Waals surface area contributed by atoms with Crippen molar-refractivity contribution >= 4 is 50.9 Å². The molecule has 0 aliphatic carbocycles. The molecule has 8 nitrogen and oxygen atoms in total. The van der Waals surface area contributed by atoms with Gasteiger partial charge in [-0.3, -0.25) is 9.59 Å². The third-order valence-corrected chi connectivity index (χ3v) is 8.57. The average Bonchev–Trinajstić information content (AvgIpc) is 2.82. The van der Waals surface area contributed by atoms with Crippen LogP contribution >= 0.6 is 23.2 Å². The standard InChI is InChI=1S/C26H36Cl2N4O4S/c1-8-19(4)29-26(34)20(5)31(15-21-11-12-22(27)14-23(21)28)25(33)16-32(37(35,36)30(6)7)24-13-17(2)9-10-18(24)3/h9-14,19-20H,8,15-16H2,1-7H3,(H,29,34).